The van der Waals surface area contributed by atoms with Crippen LogP contribution in [0.3, 0.4) is 0 Å². The van der Waals surface area contributed by atoms with Crippen molar-refractivity contribution >= 4 is 35.0 Å². The van der Waals surface area contributed by atoms with Gasteiger partial charge in [0.1, 0.15) is 18.0 Å². The Balaban J connectivity index is 1.52. The van der Waals surface area contributed by atoms with Crippen LogP contribution in [-0.4, -0.2) is 90.2 Å². The molecule has 2 amide bonds. The number of anilines is 2. The molecule has 0 aliphatic carbocycles. The zero-order valence-corrected chi connectivity index (χ0v) is 26.0. The number of nitrogens with one attached hydrogen (secondary N) is 3. The topological polar surface area (TPSA) is 147 Å². The maximum atomic E-state index is 13.3. The molecule has 0 spiro atoms. The Kier molecular flexibility index (Phi) is 9.52. The third-order valence-electron chi connectivity index (χ3n) is 7.42. The first-order valence-electron chi connectivity index (χ1n) is 14.5. The number of pyridine rings is 1. The first-order chi connectivity index (χ1) is 21.1. The van der Waals surface area contributed by atoms with Crippen molar-refractivity contribution in [3.8, 4) is 22.8 Å². The molecule has 2 aliphatic rings. The zero-order chi connectivity index (χ0) is 31.4. The lowest BCUT2D eigenvalue weighted by atomic mass is 9.94. The van der Waals surface area contributed by atoms with E-state index in [4.69, 9.17) is 30.5 Å². The minimum atomic E-state index is -0.640. The molecule has 13 heteroatoms. The van der Waals surface area contributed by atoms with Crippen molar-refractivity contribution in [3.63, 3.8) is 0 Å². The van der Waals surface area contributed by atoms with E-state index in [1.54, 1.807) is 41.6 Å². The van der Waals surface area contributed by atoms with Crippen molar-refractivity contribution in [3.05, 3.63) is 52.9 Å². The van der Waals surface area contributed by atoms with Gasteiger partial charge in [-0.2, -0.15) is 0 Å². The Morgan fingerprint density at radius 1 is 1.30 bits per heavy atom. The number of aromatic amines is 1. The highest BCUT2D eigenvalue weighted by molar-refractivity contribution is 6.32. The van der Waals surface area contributed by atoms with Crippen molar-refractivity contribution in [2.45, 2.75) is 44.8 Å². The second-order valence-electron chi connectivity index (χ2n) is 11.6. The summed E-state index contributed by atoms with van der Waals surface area (Å²) in [6.45, 7) is 7.01. The van der Waals surface area contributed by atoms with Crippen LogP contribution < -0.4 is 20.1 Å². The number of amides is 2. The Hall–Kier alpha value is -4.00. The van der Waals surface area contributed by atoms with Crippen LogP contribution in [0, 0.1) is 0 Å². The highest BCUT2D eigenvalue weighted by atomic mass is 35.5. The second-order valence-corrected chi connectivity index (χ2v) is 12.0. The van der Waals surface area contributed by atoms with Gasteiger partial charge in [0.15, 0.2) is 5.75 Å². The van der Waals surface area contributed by atoms with Crippen LogP contribution in [0.1, 0.15) is 49.2 Å². The summed E-state index contributed by atoms with van der Waals surface area (Å²) in [5.41, 5.74) is 2.75. The summed E-state index contributed by atoms with van der Waals surface area (Å²) in [4.78, 5) is 35.6. The standard InChI is InChI=1S/C31H38ClN5O7/c1-31(2,3)44-30(40)37-11-13-42-16-19(37)17-43-23-15-33-10-8-20(23)26-27(35-22-7-5-6-21(32)28(22)41-4)24-25(36-26)18(9-12-38)14-34-29(24)39/h5-8,10,15,18-19,35-36,38H,9,11-14,16-17H2,1-4H3,(H,34,39)/t18?,19-/m0/s1. The number of aromatic nitrogens is 2. The fourth-order valence-corrected chi connectivity index (χ4v) is 5.64. The Labute approximate surface area is 261 Å². The predicted molar refractivity (Wildman–Crippen MR) is 165 cm³/mol. The molecule has 236 valence electrons. The Bertz CT molecular complexity index is 1510. The van der Waals surface area contributed by atoms with E-state index in [1.807, 2.05) is 20.8 Å². The number of carbonyl (C=O) groups is 2. The number of ether oxygens (including phenoxy) is 4. The van der Waals surface area contributed by atoms with Crippen LogP contribution in [0.4, 0.5) is 16.2 Å². The second kappa shape index (κ2) is 13.3. The SMILES string of the molecule is COc1c(Cl)cccc1Nc1c(-c2ccncc2OC[C@@H]2COCCN2C(=O)OC(C)(C)C)[nH]c2c1C(=O)NCC2CCO. The lowest BCUT2D eigenvalue weighted by molar-refractivity contribution is -0.0418. The van der Waals surface area contributed by atoms with Crippen molar-refractivity contribution in [1.29, 1.82) is 0 Å². The minimum absolute atomic E-state index is 0.0412. The predicted octanol–water partition coefficient (Wildman–Crippen LogP) is 4.71. The van der Waals surface area contributed by atoms with Crippen LogP contribution in [0.2, 0.25) is 5.02 Å². The summed E-state index contributed by atoms with van der Waals surface area (Å²) in [6.07, 6.45) is 3.25. The fraction of sp³-hybridized carbons (Fsp3) is 0.452. The molecule has 1 fully saturated rings. The number of carbonyl (C=O) groups excluding carboxylic acids is 2. The molecule has 3 aromatic rings. The molecular formula is C31H38ClN5O7. The van der Waals surface area contributed by atoms with Crippen molar-refractivity contribution in [1.82, 2.24) is 20.2 Å². The summed E-state index contributed by atoms with van der Waals surface area (Å²) in [6, 6.07) is 6.70. The van der Waals surface area contributed by atoms with Crippen molar-refractivity contribution in [2.24, 2.45) is 0 Å². The maximum absolute atomic E-state index is 13.3. The summed E-state index contributed by atoms with van der Waals surface area (Å²) in [5.74, 6) is 0.449. The normalized spacial score (nSPS) is 18.3. The number of methoxy groups -OCH3 is 1. The molecule has 1 saturated heterocycles. The molecule has 2 aromatic heterocycles. The maximum Gasteiger partial charge on any atom is 0.410 e. The summed E-state index contributed by atoms with van der Waals surface area (Å²) in [5, 5.41) is 16.5. The van der Waals surface area contributed by atoms with Gasteiger partial charge in [-0.05, 0) is 45.4 Å². The molecule has 5 rings (SSSR count). The molecule has 12 nitrogen and oxygen atoms in total. The molecule has 44 heavy (non-hydrogen) atoms. The van der Waals surface area contributed by atoms with Crippen LogP contribution >= 0.6 is 11.6 Å². The molecule has 2 atom stereocenters. The third-order valence-corrected chi connectivity index (χ3v) is 7.72. The van der Waals surface area contributed by atoms with Crippen molar-refractivity contribution < 1.29 is 33.6 Å². The minimum Gasteiger partial charge on any atom is -0.493 e. The molecule has 4 heterocycles. The van der Waals surface area contributed by atoms with Gasteiger partial charge in [0.05, 0.1) is 60.2 Å². The number of hydrogen-bond donors (Lipinski definition) is 4. The van der Waals surface area contributed by atoms with Gasteiger partial charge in [-0.15, -0.1) is 0 Å². The highest BCUT2D eigenvalue weighted by Gasteiger charge is 2.35. The first-order valence-corrected chi connectivity index (χ1v) is 14.9. The molecule has 0 saturated carbocycles. The molecule has 4 N–H and O–H groups in total. The van der Waals surface area contributed by atoms with E-state index >= 15 is 0 Å². The van der Waals surface area contributed by atoms with Crippen LogP contribution in [0.5, 0.6) is 11.5 Å². The molecule has 1 aromatic carbocycles. The largest absolute Gasteiger partial charge is 0.493 e. The van der Waals surface area contributed by atoms with Gasteiger partial charge in [0.2, 0.25) is 0 Å². The quantitative estimate of drug-likeness (QED) is 0.265. The van der Waals surface area contributed by atoms with E-state index < -0.39 is 17.7 Å². The molecule has 2 aliphatic heterocycles. The number of halogens is 1. The number of H-pyrrole nitrogens is 1. The third kappa shape index (κ3) is 6.72. The number of fused-ring (bicyclic) bond motifs is 1. The number of benzene rings is 1. The number of para-hydroxylation sites is 1. The van der Waals surface area contributed by atoms with E-state index in [1.165, 1.54) is 7.11 Å². The number of rotatable bonds is 9. The van der Waals surface area contributed by atoms with Gasteiger partial charge in [0, 0.05) is 43.1 Å². The average molecular weight is 628 g/mol. The van der Waals surface area contributed by atoms with E-state index in [0.29, 0.717) is 76.5 Å². The monoisotopic (exact) mass is 627 g/mol. The summed E-state index contributed by atoms with van der Waals surface area (Å²) >= 11 is 6.42. The van der Waals surface area contributed by atoms with Gasteiger partial charge in [0.25, 0.3) is 5.91 Å². The first kappa shape index (κ1) is 31.4. The number of hydrogen-bond acceptors (Lipinski definition) is 9. The van der Waals surface area contributed by atoms with E-state index in [0.717, 1.165) is 0 Å². The summed E-state index contributed by atoms with van der Waals surface area (Å²) in [7, 11) is 1.52. The smallest absolute Gasteiger partial charge is 0.410 e. The Morgan fingerprint density at radius 2 is 2.11 bits per heavy atom. The highest BCUT2D eigenvalue weighted by Crippen LogP contribution is 2.44. The number of morpholine rings is 1. The molecule has 0 radical (unpaired) electrons. The average Bonchev–Trinajstić information content (AvgIpc) is 3.37. The van der Waals surface area contributed by atoms with Crippen LogP contribution in [-0.2, 0) is 9.47 Å². The van der Waals surface area contributed by atoms with Gasteiger partial charge in [-0.3, -0.25) is 14.7 Å². The van der Waals surface area contributed by atoms with Gasteiger partial charge >= 0.3 is 6.09 Å². The molecular weight excluding hydrogens is 590 g/mol. The van der Waals surface area contributed by atoms with E-state index in [-0.39, 0.29) is 31.6 Å². The molecule has 1 unspecified atom stereocenters. The van der Waals surface area contributed by atoms with Gasteiger partial charge in [-0.1, -0.05) is 17.7 Å². The van der Waals surface area contributed by atoms with Crippen LogP contribution in [0.25, 0.3) is 11.3 Å². The van der Waals surface area contributed by atoms with Crippen molar-refractivity contribution in [2.75, 3.05) is 51.9 Å². The van der Waals surface area contributed by atoms with E-state index in [9.17, 15) is 14.7 Å². The zero-order valence-electron chi connectivity index (χ0n) is 25.2. The lowest BCUT2D eigenvalue weighted by Crippen LogP contribution is -2.52. The van der Waals surface area contributed by atoms with Gasteiger partial charge < -0.3 is 39.7 Å². The Morgan fingerprint density at radius 3 is 2.86 bits per heavy atom. The van der Waals surface area contributed by atoms with Gasteiger partial charge in [-0.25, -0.2) is 4.79 Å². The number of aliphatic hydroxyl groups is 1. The van der Waals surface area contributed by atoms with Crippen LogP contribution in [0.15, 0.2) is 36.7 Å². The number of nitrogens with zero attached hydrogens (tertiary/aromatic N) is 2. The molecule has 0 bridgehead atoms. The lowest BCUT2D eigenvalue weighted by Gasteiger charge is -2.36. The summed E-state index contributed by atoms with van der Waals surface area (Å²) < 4.78 is 23.2. The number of aliphatic hydroxyl groups excluding tert-OH is 1. The fourth-order valence-electron chi connectivity index (χ4n) is 5.39. The van der Waals surface area contributed by atoms with E-state index in [2.05, 4.69) is 20.6 Å².